The van der Waals surface area contributed by atoms with E-state index >= 15 is 0 Å². The Bertz CT molecular complexity index is 292. The maximum atomic E-state index is 5.72. The number of hydrogen-bond acceptors (Lipinski definition) is 2. The molecule has 0 saturated carbocycles. The van der Waals surface area contributed by atoms with E-state index < -0.39 is 0 Å². The van der Waals surface area contributed by atoms with E-state index in [4.69, 9.17) is 5.73 Å². The number of hydrogen-bond donors (Lipinski definition) is 2. The lowest BCUT2D eigenvalue weighted by atomic mass is 10.4. The normalized spacial score (nSPS) is 12.1. The Morgan fingerprint density at radius 1 is 1.54 bits per heavy atom. The van der Waals surface area contributed by atoms with Gasteiger partial charge < -0.3 is 10.7 Å². The van der Waals surface area contributed by atoms with Crippen LogP contribution in [-0.4, -0.2) is 22.3 Å². The second-order valence-electron chi connectivity index (χ2n) is 3.06. The molecule has 0 atom stereocenters. The molecule has 4 nitrogen and oxygen atoms in total. The summed E-state index contributed by atoms with van der Waals surface area (Å²) in [7, 11) is 0. The molecular formula is C9H16N4. The summed E-state index contributed by atoms with van der Waals surface area (Å²) < 4.78 is 0. The van der Waals surface area contributed by atoms with Crippen LogP contribution in [0.15, 0.2) is 4.99 Å². The third-order valence-electron chi connectivity index (χ3n) is 1.88. The number of imidazole rings is 1. The van der Waals surface area contributed by atoms with E-state index in [0.717, 1.165) is 24.4 Å². The van der Waals surface area contributed by atoms with Gasteiger partial charge >= 0.3 is 0 Å². The van der Waals surface area contributed by atoms with E-state index in [9.17, 15) is 0 Å². The summed E-state index contributed by atoms with van der Waals surface area (Å²) in [6, 6.07) is 0. The second-order valence-corrected chi connectivity index (χ2v) is 3.06. The minimum Gasteiger partial charge on any atom is -0.381 e. The van der Waals surface area contributed by atoms with Gasteiger partial charge in [0, 0.05) is 12.2 Å². The number of aliphatic imine (C=N–C) groups is 1. The minimum absolute atomic E-state index is 0.498. The summed E-state index contributed by atoms with van der Waals surface area (Å²) in [5.74, 6) is 1.18. The molecule has 0 bridgehead atoms. The molecule has 1 aromatic rings. The van der Waals surface area contributed by atoms with Gasteiger partial charge in [0.2, 0.25) is 0 Å². The summed E-state index contributed by atoms with van der Waals surface area (Å²) in [6.07, 6.45) is 0.999. The van der Waals surface area contributed by atoms with Crippen LogP contribution in [-0.2, 0) is 0 Å². The fourth-order valence-electron chi connectivity index (χ4n) is 0.976. The van der Waals surface area contributed by atoms with E-state index in [1.807, 2.05) is 13.8 Å². The first-order valence-corrected chi connectivity index (χ1v) is 4.48. The summed E-state index contributed by atoms with van der Waals surface area (Å²) in [4.78, 5) is 11.5. The zero-order chi connectivity index (χ0) is 9.84. The number of aromatic amines is 1. The lowest BCUT2D eigenvalue weighted by Crippen LogP contribution is -2.15. The average Bonchev–Trinajstić information content (AvgIpc) is 2.43. The molecule has 1 heterocycles. The molecule has 0 aliphatic heterocycles. The molecule has 0 saturated heterocycles. The van der Waals surface area contributed by atoms with E-state index in [-0.39, 0.29) is 0 Å². The summed E-state index contributed by atoms with van der Waals surface area (Å²) in [5.41, 5.74) is 7.74. The van der Waals surface area contributed by atoms with Gasteiger partial charge in [0.25, 0.3) is 0 Å². The highest BCUT2D eigenvalue weighted by Crippen LogP contribution is 2.02. The van der Waals surface area contributed by atoms with Crippen molar-refractivity contribution in [1.82, 2.24) is 9.97 Å². The predicted molar refractivity (Wildman–Crippen MR) is 53.9 cm³/mol. The topological polar surface area (TPSA) is 67.1 Å². The molecule has 0 fully saturated rings. The predicted octanol–water partition coefficient (Wildman–Crippen LogP) is 1.14. The molecule has 13 heavy (non-hydrogen) atoms. The molecule has 0 aliphatic rings. The number of nitrogens with zero attached hydrogens (tertiary/aromatic N) is 2. The molecule has 3 N–H and O–H groups in total. The SMILES string of the molecule is CCCN=C(N)c1nc(C)c(C)[nH]1. The first-order valence-electron chi connectivity index (χ1n) is 4.48. The zero-order valence-electron chi connectivity index (χ0n) is 8.39. The number of aromatic nitrogens is 2. The Balaban J connectivity index is 2.82. The number of H-pyrrole nitrogens is 1. The van der Waals surface area contributed by atoms with Crippen molar-refractivity contribution >= 4 is 5.84 Å². The Kier molecular flexibility index (Phi) is 3.06. The molecule has 0 spiro atoms. The Hall–Kier alpha value is -1.32. The maximum Gasteiger partial charge on any atom is 0.173 e. The summed E-state index contributed by atoms with van der Waals surface area (Å²) in [5, 5.41) is 0. The van der Waals surface area contributed by atoms with Gasteiger partial charge in [-0.3, -0.25) is 4.99 Å². The van der Waals surface area contributed by atoms with E-state index in [2.05, 4.69) is 21.9 Å². The lowest BCUT2D eigenvalue weighted by molar-refractivity contribution is 0.927. The molecular weight excluding hydrogens is 164 g/mol. The Morgan fingerprint density at radius 3 is 2.69 bits per heavy atom. The molecule has 72 valence electrons. The van der Waals surface area contributed by atoms with Gasteiger partial charge in [-0.15, -0.1) is 0 Å². The highest BCUT2D eigenvalue weighted by molar-refractivity contribution is 5.94. The summed E-state index contributed by atoms with van der Waals surface area (Å²) in [6.45, 7) is 6.74. The molecule has 1 aromatic heterocycles. The van der Waals surface area contributed by atoms with Crippen LogP contribution in [0.2, 0.25) is 0 Å². The fraction of sp³-hybridized carbons (Fsp3) is 0.556. The van der Waals surface area contributed by atoms with Crippen molar-refractivity contribution in [2.45, 2.75) is 27.2 Å². The van der Waals surface area contributed by atoms with E-state index in [1.54, 1.807) is 0 Å². The van der Waals surface area contributed by atoms with Crippen molar-refractivity contribution in [2.24, 2.45) is 10.7 Å². The largest absolute Gasteiger partial charge is 0.381 e. The lowest BCUT2D eigenvalue weighted by Gasteiger charge is -1.94. The van der Waals surface area contributed by atoms with Crippen molar-refractivity contribution in [3.63, 3.8) is 0 Å². The number of rotatable bonds is 3. The van der Waals surface area contributed by atoms with Crippen LogP contribution < -0.4 is 5.73 Å². The molecule has 4 heteroatoms. The van der Waals surface area contributed by atoms with Gasteiger partial charge in [0.1, 0.15) is 0 Å². The van der Waals surface area contributed by atoms with Crippen molar-refractivity contribution in [1.29, 1.82) is 0 Å². The van der Waals surface area contributed by atoms with Gasteiger partial charge in [-0.1, -0.05) is 6.92 Å². The number of nitrogens with one attached hydrogen (secondary N) is 1. The third-order valence-corrected chi connectivity index (χ3v) is 1.88. The Labute approximate surface area is 78.3 Å². The van der Waals surface area contributed by atoms with Crippen LogP contribution in [0.4, 0.5) is 0 Å². The third kappa shape index (κ3) is 2.31. The van der Waals surface area contributed by atoms with Crippen molar-refractivity contribution < 1.29 is 0 Å². The molecule has 0 radical (unpaired) electrons. The van der Waals surface area contributed by atoms with Crippen LogP contribution in [0.3, 0.4) is 0 Å². The van der Waals surface area contributed by atoms with Gasteiger partial charge in [0.15, 0.2) is 11.7 Å². The van der Waals surface area contributed by atoms with Crippen LogP contribution in [0, 0.1) is 13.8 Å². The monoisotopic (exact) mass is 180 g/mol. The van der Waals surface area contributed by atoms with Crippen LogP contribution >= 0.6 is 0 Å². The maximum absolute atomic E-state index is 5.72. The number of aryl methyl sites for hydroxylation is 2. The number of nitrogens with two attached hydrogens (primary N) is 1. The standard InChI is InChI=1S/C9H16N4/c1-4-5-11-8(10)9-12-6(2)7(3)13-9/h4-5H2,1-3H3,(H2,10,11)(H,12,13). The smallest absolute Gasteiger partial charge is 0.173 e. The summed E-state index contributed by atoms with van der Waals surface area (Å²) >= 11 is 0. The number of amidine groups is 1. The van der Waals surface area contributed by atoms with Crippen molar-refractivity contribution in [3.8, 4) is 0 Å². The molecule has 0 unspecified atom stereocenters. The molecule has 0 aromatic carbocycles. The van der Waals surface area contributed by atoms with Crippen LogP contribution in [0.25, 0.3) is 0 Å². The average molecular weight is 180 g/mol. The fourth-order valence-corrected chi connectivity index (χ4v) is 0.976. The molecule has 0 amide bonds. The molecule has 0 aliphatic carbocycles. The highest BCUT2D eigenvalue weighted by Gasteiger charge is 2.04. The van der Waals surface area contributed by atoms with Crippen LogP contribution in [0.5, 0.6) is 0 Å². The Morgan fingerprint density at radius 2 is 2.23 bits per heavy atom. The van der Waals surface area contributed by atoms with Gasteiger partial charge in [0.05, 0.1) is 5.69 Å². The van der Waals surface area contributed by atoms with Gasteiger partial charge in [-0.2, -0.15) is 0 Å². The first kappa shape index (κ1) is 9.77. The zero-order valence-corrected chi connectivity index (χ0v) is 8.39. The van der Waals surface area contributed by atoms with Crippen LogP contribution in [0.1, 0.15) is 30.6 Å². The van der Waals surface area contributed by atoms with Gasteiger partial charge in [-0.05, 0) is 20.3 Å². The van der Waals surface area contributed by atoms with E-state index in [0.29, 0.717) is 11.7 Å². The van der Waals surface area contributed by atoms with E-state index in [1.165, 1.54) is 0 Å². The minimum atomic E-state index is 0.498. The quantitative estimate of drug-likeness (QED) is 0.541. The second kappa shape index (κ2) is 4.07. The highest BCUT2D eigenvalue weighted by atomic mass is 15.0. The van der Waals surface area contributed by atoms with Gasteiger partial charge in [-0.25, -0.2) is 4.98 Å². The first-order chi connectivity index (χ1) is 6.15. The van der Waals surface area contributed by atoms with Crippen molar-refractivity contribution in [3.05, 3.63) is 17.2 Å². The van der Waals surface area contributed by atoms with Crippen molar-refractivity contribution in [2.75, 3.05) is 6.54 Å². The molecule has 1 rings (SSSR count).